The van der Waals surface area contributed by atoms with Gasteiger partial charge in [0.05, 0.1) is 13.5 Å². The van der Waals surface area contributed by atoms with E-state index in [1.807, 2.05) is 0 Å². The number of carbonyl (C=O) groups excluding carboxylic acids is 4. The van der Waals surface area contributed by atoms with E-state index in [-0.39, 0.29) is 0 Å². The molecule has 1 unspecified atom stereocenters. The molecule has 0 aromatic heterocycles. The second-order valence-electron chi connectivity index (χ2n) is 5.03. The maximum absolute atomic E-state index is 14.6. The maximum atomic E-state index is 14.6. The molecule has 24 heavy (non-hydrogen) atoms. The smallest absolute Gasteiger partial charge is 0.308 e. The van der Waals surface area contributed by atoms with Gasteiger partial charge in [-0.1, -0.05) is 0 Å². The van der Waals surface area contributed by atoms with Gasteiger partial charge in [0.1, 0.15) is 6.10 Å². The Kier molecular flexibility index (Phi) is 7.08. The fourth-order valence-corrected chi connectivity index (χ4v) is 2.18. The van der Waals surface area contributed by atoms with Gasteiger partial charge in [-0.15, -0.1) is 0 Å². The van der Waals surface area contributed by atoms with E-state index >= 15 is 0 Å². The summed E-state index contributed by atoms with van der Waals surface area (Å²) < 4.78 is 38.9. The lowest BCUT2D eigenvalue weighted by Crippen LogP contribution is -2.60. The molecule has 1 aliphatic rings. The van der Waals surface area contributed by atoms with Crippen molar-refractivity contribution >= 4 is 23.9 Å². The highest BCUT2D eigenvalue weighted by Crippen LogP contribution is 2.31. The van der Waals surface area contributed by atoms with Gasteiger partial charge < -0.3 is 23.7 Å². The Bertz CT molecular complexity index is 506. The van der Waals surface area contributed by atoms with E-state index in [9.17, 15) is 23.6 Å². The summed E-state index contributed by atoms with van der Waals surface area (Å²) >= 11 is 0. The van der Waals surface area contributed by atoms with Crippen LogP contribution in [0.1, 0.15) is 27.2 Å². The SMILES string of the molecule is COC(=O)C[C@H]1OC(OC(C)=O)[C@H](OC(C)=O)[C@@H](OC(C)=O)[C@H]1F. The minimum atomic E-state index is -2.01. The summed E-state index contributed by atoms with van der Waals surface area (Å²) in [4.78, 5) is 45.0. The minimum Gasteiger partial charge on any atom is -0.469 e. The zero-order valence-corrected chi connectivity index (χ0v) is 13.6. The molecule has 136 valence electrons. The Balaban J connectivity index is 3.11. The maximum Gasteiger partial charge on any atom is 0.308 e. The van der Waals surface area contributed by atoms with Gasteiger partial charge in [-0.2, -0.15) is 0 Å². The van der Waals surface area contributed by atoms with Gasteiger partial charge in [0.2, 0.25) is 12.4 Å². The molecular formula is C14H19FO9. The van der Waals surface area contributed by atoms with E-state index in [0.717, 1.165) is 27.9 Å². The highest BCUT2D eigenvalue weighted by Gasteiger charge is 2.52. The summed E-state index contributed by atoms with van der Waals surface area (Å²) in [5.41, 5.74) is 0. The van der Waals surface area contributed by atoms with E-state index in [4.69, 9.17) is 18.9 Å². The molecule has 1 aliphatic heterocycles. The molecule has 0 bridgehead atoms. The molecule has 0 spiro atoms. The van der Waals surface area contributed by atoms with Crippen LogP contribution in [-0.2, 0) is 42.9 Å². The molecule has 0 aliphatic carbocycles. The molecule has 1 fully saturated rings. The van der Waals surface area contributed by atoms with Crippen molar-refractivity contribution < 1.29 is 47.3 Å². The summed E-state index contributed by atoms with van der Waals surface area (Å²) in [5.74, 6) is -3.25. The van der Waals surface area contributed by atoms with Gasteiger partial charge in [-0.05, 0) is 0 Å². The Labute approximate surface area is 137 Å². The summed E-state index contributed by atoms with van der Waals surface area (Å²) in [6.07, 6.45) is -8.61. The largest absolute Gasteiger partial charge is 0.469 e. The van der Waals surface area contributed by atoms with Crippen molar-refractivity contribution in [2.45, 2.75) is 58.0 Å². The molecule has 0 aromatic carbocycles. The molecule has 5 atom stereocenters. The fourth-order valence-electron chi connectivity index (χ4n) is 2.18. The molecule has 1 heterocycles. The zero-order valence-electron chi connectivity index (χ0n) is 13.6. The number of esters is 4. The van der Waals surface area contributed by atoms with Crippen LogP contribution in [0.3, 0.4) is 0 Å². The first-order chi connectivity index (χ1) is 11.1. The Morgan fingerprint density at radius 1 is 0.917 bits per heavy atom. The lowest BCUT2D eigenvalue weighted by atomic mass is 9.97. The fraction of sp³-hybridized carbons (Fsp3) is 0.714. The number of methoxy groups -OCH3 is 1. The predicted molar refractivity (Wildman–Crippen MR) is 73.1 cm³/mol. The molecular weight excluding hydrogens is 331 g/mol. The molecule has 9 nitrogen and oxygen atoms in total. The van der Waals surface area contributed by atoms with Gasteiger partial charge in [-0.25, -0.2) is 4.39 Å². The summed E-state index contributed by atoms with van der Waals surface area (Å²) in [5, 5.41) is 0. The van der Waals surface area contributed by atoms with E-state index in [1.54, 1.807) is 0 Å². The van der Waals surface area contributed by atoms with Gasteiger partial charge >= 0.3 is 23.9 Å². The van der Waals surface area contributed by atoms with Crippen LogP contribution < -0.4 is 0 Å². The van der Waals surface area contributed by atoms with Crippen molar-refractivity contribution in [3.05, 3.63) is 0 Å². The first-order valence-electron chi connectivity index (χ1n) is 7.03. The molecule has 10 heteroatoms. The molecule has 1 saturated heterocycles. The second kappa shape index (κ2) is 8.57. The number of carbonyl (C=O) groups is 4. The van der Waals surface area contributed by atoms with Crippen molar-refractivity contribution in [2.75, 3.05) is 7.11 Å². The number of rotatable bonds is 5. The number of ether oxygens (including phenoxy) is 5. The highest BCUT2D eigenvalue weighted by atomic mass is 19.1. The first-order valence-corrected chi connectivity index (χ1v) is 7.03. The van der Waals surface area contributed by atoms with Crippen molar-refractivity contribution in [2.24, 2.45) is 0 Å². The number of halogens is 1. The van der Waals surface area contributed by atoms with Crippen LogP contribution in [0, 0.1) is 0 Å². The van der Waals surface area contributed by atoms with E-state index in [2.05, 4.69) is 4.74 Å². The molecule has 0 saturated carbocycles. The summed E-state index contributed by atoms with van der Waals surface area (Å²) in [7, 11) is 1.10. The first kappa shape index (κ1) is 19.8. The zero-order chi connectivity index (χ0) is 18.4. The molecule has 0 radical (unpaired) electrons. The Morgan fingerprint density at radius 3 is 1.88 bits per heavy atom. The van der Waals surface area contributed by atoms with E-state index in [0.29, 0.717) is 0 Å². The third-order valence-corrected chi connectivity index (χ3v) is 3.05. The average molecular weight is 350 g/mol. The third-order valence-electron chi connectivity index (χ3n) is 3.05. The lowest BCUT2D eigenvalue weighted by Gasteiger charge is -2.41. The van der Waals surface area contributed by atoms with Crippen LogP contribution in [-0.4, -0.2) is 61.8 Å². The van der Waals surface area contributed by atoms with Crippen molar-refractivity contribution in [3.63, 3.8) is 0 Å². The van der Waals surface area contributed by atoms with Crippen LogP contribution in [0.5, 0.6) is 0 Å². The van der Waals surface area contributed by atoms with Gasteiger partial charge in [0, 0.05) is 20.8 Å². The summed E-state index contributed by atoms with van der Waals surface area (Å²) in [6, 6.07) is 0. The predicted octanol–water partition coefficient (Wildman–Crippen LogP) is 0.0390. The second-order valence-corrected chi connectivity index (χ2v) is 5.03. The van der Waals surface area contributed by atoms with Crippen molar-refractivity contribution in [1.29, 1.82) is 0 Å². The number of hydrogen-bond acceptors (Lipinski definition) is 9. The van der Waals surface area contributed by atoms with Crippen molar-refractivity contribution in [3.8, 4) is 0 Å². The van der Waals surface area contributed by atoms with E-state index in [1.165, 1.54) is 0 Å². The van der Waals surface area contributed by atoms with E-state index < -0.39 is 61.1 Å². The van der Waals surface area contributed by atoms with Crippen LogP contribution >= 0.6 is 0 Å². The standard InChI is InChI=1S/C14H19FO9/c1-6(16)21-12-11(15)9(5-10(19)20-4)24-14(23-8(3)18)13(12)22-7(2)17/h9,11-14H,5H2,1-4H3/t9-,11+,12+,13-,14?/m1/s1. The van der Waals surface area contributed by atoms with Crippen LogP contribution in [0.2, 0.25) is 0 Å². The van der Waals surface area contributed by atoms with Crippen molar-refractivity contribution in [1.82, 2.24) is 0 Å². The Hall–Kier alpha value is -2.23. The molecule has 1 rings (SSSR count). The Morgan fingerprint density at radius 2 is 1.42 bits per heavy atom. The van der Waals surface area contributed by atoms with Crippen LogP contribution in [0.25, 0.3) is 0 Å². The number of alkyl halides is 1. The monoisotopic (exact) mass is 350 g/mol. The van der Waals surface area contributed by atoms with Gasteiger partial charge in [-0.3, -0.25) is 19.2 Å². The quantitative estimate of drug-likeness (QED) is 0.500. The molecule has 0 N–H and O–H groups in total. The molecule has 0 amide bonds. The normalized spacial score (nSPS) is 29.3. The lowest BCUT2D eigenvalue weighted by molar-refractivity contribution is -0.284. The number of hydrogen-bond donors (Lipinski definition) is 0. The minimum absolute atomic E-state index is 0.514. The molecule has 0 aromatic rings. The summed E-state index contributed by atoms with van der Waals surface area (Å²) in [6.45, 7) is 3.14. The topological polar surface area (TPSA) is 114 Å². The van der Waals surface area contributed by atoms with Gasteiger partial charge in [0.25, 0.3) is 0 Å². The van der Waals surface area contributed by atoms with Crippen LogP contribution in [0.15, 0.2) is 0 Å². The highest BCUT2D eigenvalue weighted by molar-refractivity contribution is 5.70. The van der Waals surface area contributed by atoms with Gasteiger partial charge in [0.15, 0.2) is 12.3 Å². The third kappa shape index (κ3) is 5.44. The average Bonchev–Trinajstić information content (AvgIpc) is 2.46. The van der Waals surface area contributed by atoms with Crippen LogP contribution in [0.4, 0.5) is 4.39 Å².